The number of ether oxygens (including phenoxy) is 1. The molecule has 1 aromatic carbocycles. The van der Waals surface area contributed by atoms with E-state index < -0.39 is 11.6 Å². The number of allylic oxidation sites excluding steroid dienone is 4. The molecule has 0 atom stereocenters. The van der Waals surface area contributed by atoms with Crippen LogP contribution in [0, 0.1) is 0 Å². The van der Waals surface area contributed by atoms with Crippen LogP contribution in [0.4, 0.5) is 0 Å². The summed E-state index contributed by atoms with van der Waals surface area (Å²) < 4.78 is 9.77. The van der Waals surface area contributed by atoms with E-state index in [1.54, 1.807) is 34.5 Å². The summed E-state index contributed by atoms with van der Waals surface area (Å²) in [5.41, 5.74) is 2.73. The number of carboxylic acid groups (broad SMARTS) is 1. The molecule has 0 amide bonds. The van der Waals surface area contributed by atoms with Gasteiger partial charge in [-0.25, -0.2) is 9.48 Å². The van der Waals surface area contributed by atoms with Gasteiger partial charge in [-0.1, -0.05) is 40.5 Å². The smallest absolute Gasteiger partial charge is 0.357 e. The van der Waals surface area contributed by atoms with Crippen LogP contribution in [0.3, 0.4) is 0 Å². The molecular formula is C30H35Cl2N5O5. The number of hydrogen-bond acceptors (Lipinski definition) is 7. The third-order valence-corrected chi connectivity index (χ3v) is 8.83. The maximum absolute atomic E-state index is 11.7. The number of benzene rings is 1. The van der Waals surface area contributed by atoms with Crippen LogP contribution in [0.2, 0.25) is 0 Å². The molecule has 0 spiro atoms. The maximum Gasteiger partial charge on any atom is 0.357 e. The fourth-order valence-corrected chi connectivity index (χ4v) is 6.18. The first-order valence-electron chi connectivity index (χ1n) is 14.1. The molecule has 42 heavy (non-hydrogen) atoms. The minimum atomic E-state index is -1.07. The van der Waals surface area contributed by atoms with Crippen LogP contribution in [0.5, 0.6) is 0 Å². The first-order chi connectivity index (χ1) is 20.1. The lowest BCUT2D eigenvalue weighted by Crippen LogP contribution is -2.34. The van der Waals surface area contributed by atoms with E-state index >= 15 is 0 Å². The van der Waals surface area contributed by atoms with Gasteiger partial charge in [0.05, 0.1) is 52.0 Å². The Morgan fingerprint density at radius 2 is 1.95 bits per heavy atom. The van der Waals surface area contributed by atoms with Gasteiger partial charge >= 0.3 is 5.97 Å². The van der Waals surface area contributed by atoms with Crippen molar-refractivity contribution in [3.8, 4) is 0 Å². The summed E-state index contributed by atoms with van der Waals surface area (Å²) in [5, 5.41) is 43.3. The number of aliphatic hydroxyl groups is 1. The fraction of sp³-hybridized carbons (Fsp3) is 0.467. The number of aromatic carboxylic acids is 1. The zero-order valence-corrected chi connectivity index (χ0v) is 25.3. The van der Waals surface area contributed by atoms with Crippen LogP contribution < -0.4 is 0 Å². The Hall–Kier alpha value is -3.18. The normalized spacial score (nSPS) is 22.4. The molecule has 10 nitrogen and oxygen atoms in total. The third-order valence-electron chi connectivity index (χ3n) is 8.16. The highest BCUT2D eigenvalue weighted by Crippen LogP contribution is 2.44. The van der Waals surface area contributed by atoms with E-state index in [1.165, 1.54) is 0 Å². The quantitative estimate of drug-likeness (QED) is 0.0993. The summed E-state index contributed by atoms with van der Waals surface area (Å²) in [4.78, 5) is 11.7. The van der Waals surface area contributed by atoms with E-state index in [4.69, 9.17) is 33.1 Å². The second-order valence-electron chi connectivity index (χ2n) is 11.3. The van der Waals surface area contributed by atoms with Crippen molar-refractivity contribution in [2.45, 2.75) is 89.6 Å². The highest BCUT2D eigenvalue weighted by Gasteiger charge is 2.37. The molecule has 0 saturated heterocycles. The second-order valence-corrected chi connectivity index (χ2v) is 12.1. The molecule has 0 bridgehead atoms. The van der Waals surface area contributed by atoms with E-state index in [-0.39, 0.29) is 29.5 Å². The highest BCUT2D eigenvalue weighted by molar-refractivity contribution is 6.46. The molecule has 2 aromatic heterocycles. The average molecular weight is 617 g/mol. The van der Waals surface area contributed by atoms with Crippen molar-refractivity contribution in [3.63, 3.8) is 0 Å². The number of carboxylic acids is 1. The molecule has 12 heteroatoms. The number of carbonyl (C=O) groups is 1. The van der Waals surface area contributed by atoms with Crippen molar-refractivity contribution in [3.05, 3.63) is 63.1 Å². The highest BCUT2D eigenvalue weighted by atomic mass is 35.5. The van der Waals surface area contributed by atoms with Crippen molar-refractivity contribution >= 4 is 52.0 Å². The number of aromatic nitrogens is 4. The average Bonchev–Trinajstić information content (AvgIpc) is 3.61. The largest absolute Gasteiger partial charge is 0.476 e. The monoisotopic (exact) mass is 615 g/mol. The lowest BCUT2D eigenvalue weighted by molar-refractivity contribution is -0.0648. The van der Waals surface area contributed by atoms with Crippen LogP contribution in [0.1, 0.15) is 98.6 Å². The van der Waals surface area contributed by atoms with Gasteiger partial charge in [0.25, 0.3) is 0 Å². The Kier molecular flexibility index (Phi) is 8.80. The molecule has 2 heterocycles. The Bertz CT molecular complexity index is 1580. The van der Waals surface area contributed by atoms with Crippen molar-refractivity contribution < 1.29 is 25.0 Å². The number of oxime groups is 1. The minimum Gasteiger partial charge on any atom is -0.476 e. The molecule has 3 N–H and O–H groups in total. The molecule has 2 fully saturated rings. The second kappa shape index (κ2) is 12.2. The molecule has 0 aliphatic heterocycles. The molecular weight excluding hydrogens is 581 g/mol. The zero-order chi connectivity index (χ0) is 30.2. The van der Waals surface area contributed by atoms with Gasteiger partial charge in [-0.15, -0.1) is 0 Å². The first kappa shape index (κ1) is 30.3. The van der Waals surface area contributed by atoms with Crippen LogP contribution >= 0.6 is 23.2 Å². The Morgan fingerprint density at radius 3 is 2.55 bits per heavy atom. The lowest BCUT2D eigenvalue weighted by Gasteiger charge is -2.36. The summed E-state index contributed by atoms with van der Waals surface area (Å²) in [6, 6.07) is 5.39. The van der Waals surface area contributed by atoms with Crippen molar-refractivity contribution in [2.75, 3.05) is 0 Å². The van der Waals surface area contributed by atoms with Crippen LogP contribution in [0.25, 0.3) is 16.6 Å². The summed E-state index contributed by atoms with van der Waals surface area (Å²) in [5.74, 6) is -0.672. The van der Waals surface area contributed by atoms with Gasteiger partial charge in [0.2, 0.25) is 0 Å². The van der Waals surface area contributed by atoms with Crippen molar-refractivity contribution in [1.82, 2.24) is 19.6 Å². The standard InChI is InChI=1S/C30H35Cl2N5O5/c1-4-23(31)28(24(32)15-34-41)37-26(22(14-33-37)18-5-6-18)16-42-20-9-11-30(40,12-10-20)19-7-8-21-25(13-19)36(17(2)3)35-27(21)29(38)39/h4,7-8,13-15,17-18,20,40-41H,5-6,9-12,16H2,1-3H3,(H,38,39)/b23-4+,28-24-,34-15+. The van der Waals surface area contributed by atoms with Crippen molar-refractivity contribution in [1.29, 1.82) is 0 Å². The van der Waals surface area contributed by atoms with E-state index in [0.29, 0.717) is 53.2 Å². The fourth-order valence-electron chi connectivity index (χ4n) is 5.72. The molecule has 224 valence electrons. The lowest BCUT2D eigenvalue weighted by atomic mass is 9.78. The van der Waals surface area contributed by atoms with Crippen LogP contribution in [-0.2, 0) is 16.9 Å². The summed E-state index contributed by atoms with van der Waals surface area (Å²) in [6.07, 6.45) is 8.97. The zero-order valence-electron chi connectivity index (χ0n) is 23.8. The first-order valence-corrected chi connectivity index (χ1v) is 14.9. The molecule has 5 rings (SSSR count). The van der Waals surface area contributed by atoms with E-state index in [0.717, 1.165) is 35.9 Å². The predicted octanol–water partition coefficient (Wildman–Crippen LogP) is 6.75. The predicted molar refractivity (Wildman–Crippen MR) is 161 cm³/mol. The van der Waals surface area contributed by atoms with Gasteiger partial charge in [0, 0.05) is 11.4 Å². The summed E-state index contributed by atoms with van der Waals surface area (Å²) in [7, 11) is 0. The summed E-state index contributed by atoms with van der Waals surface area (Å²) >= 11 is 12.9. The topological polar surface area (TPSA) is 135 Å². The summed E-state index contributed by atoms with van der Waals surface area (Å²) in [6.45, 7) is 5.96. The number of hydrogen-bond donors (Lipinski definition) is 3. The van der Waals surface area contributed by atoms with Crippen LogP contribution in [0.15, 0.2) is 45.7 Å². The van der Waals surface area contributed by atoms with Crippen molar-refractivity contribution in [2.24, 2.45) is 5.16 Å². The van der Waals surface area contributed by atoms with Gasteiger partial charge in [-0.3, -0.25) is 4.68 Å². The minimum absolute atomic E-state index is 0.0119. The van der Waals surface area contributed by atoms with Gasteiger partial charge in [-0.2, -0.15) is 10.2 Å². The number of nitrogens with zero attached hydrogens (tertiary/aromatic N) is 5. The van der Waals surface area contributed by atoms with Gasteiger partial charge in [-0.05, 0) is 88.5 Å². The van der Waals surface area contributed by atoms with Gasteiger partial charge in [0.1, 0.15) is 5.70 Å². The molecule has 3 aromatic rings. The molecule has 0 radical (unpaired) electrons. The molecule has 0 unspecified atom stereocenters. The van der Waals surface area contributed by atoms with E-state index in [1.807, 2.05) is 26.1 Å². The van der Waals surface area contributed by atoms with Crippen LogP contribution in [-0.4, -0.2) is 53.3 Å². The number of rotatable bonds is 10. The van der Waals surface area contributed by atoms with Gasteiger partial charge < -0.3 is 20.2 Å². The van der Waals surface area contributed by atoms with E-state index in [9.17, 15) is 15.0 Å². The Labute approximate surface area is 253 Å². The number of halogens is 2. The maximum atomic E-state index is 11.7. The van der Waals surface area contributed by atoms with Gasteiger partial charge in [0.15, 0.2) is 5.69 Å². The third kappa shape index (κ3) is 5.86. The number of fused-ring (bicyclic) bond motifs is 1. The molecule has 2 aliphatic carbocycles. The molecule has 2 saturated carbocycles. The SMILES string of the molecule is C\C=C(Cl)/C(=C(Cl)\C=N\O)n1ncc(C2CC2)c1COC1CCC(O)(c2ccc3c(C(=O)O)nn(C(C)C)c3c2)CC1. The Balaban J connectivity index is 1.34. The van der Waals surface area contributed by atoms with E-state index in [2.05, 4.69) is 15.4 Å². The Morgan fingerprint density at radius 1 is 1.24 bits per heavy atom. The molecule has 2 aliphatic rings.